The van der Waals surface area contributed by atoms with Gasteiger partial charge in [-0.2, -0.15) is 0 Å². The van der Waals surface area contributed by atoms with Crippen LogP contribution in [0.2, 0.25) is 0 Å². The van der Waals surface area contributed by atoms with Crippen molar-refractivity contribution < 1.29 is 9.53 Å². The highest BCUT2D eigenvalue weighted by Crippen LogP contribution is 2.19. The van der Waals surface area contributed by atoms with Crippen LogP contribution in [0.5, 0.6) is 0 Å². The third kappa shape index (κ3) is 2.87. The molecule has 1 N–H and O–H groups in total. The van der Waals surface area contributed by atoms with Crippen LogP contribution in [0.15, 0.2) is 0 Å². The van der Waals surface area contributed by atoms with Crippen LogP contribution in [0.1, 0.15) is 25.7 Å². The zero-order chi connectivity index (χ0) is 10.4. The maximum absolute atomic E-state index is 11.4. The van der Waals surface area contributed by atoms with Crippen molar-refractivity contribution in [2.45, 2.75) is 31.7 Å². The first-order valence-electron chi connectivity index (χ1n) is 5.28. The number of nitrogens with one attached hydrogen (secondary N) is 1. The predicted octanol–water partition coefficient (Wildman–Crippen LogP) is 1.22. The molecule has 0 aromatic carbocycles. The number of nitrogens with zero attached hydrogens (tertiary/aromatic N) is 1. The van der Waals surface area contributed by atoms with Gasteiger partial charge in [-0.1, -0.05) is 0 Å². The second-order valence-corrected chi connectivity index (χ2v) is 3.71. The normalized spacial score (nSPS) is 22.1. The smallest absolute Gasteiger partial charge is 0.409 e. The maximum atomic E-state index is 11.4. The van der Waals surface area contributed by atoms with Crippen molar-refractivity contribution in [3.8, 4) is 0 Å². The predicted molar refractivity (Wildman–Crippen MR) is 55.3 cm³/mol. The van der Waals surface area contributed by atoms with E-state index in [9.17, 15) is 4.79 Å². The number of rotatable bonds is 3. The van der Waals surface area contributed by atoms with Crippen molar-refractivity contribution >= 4 is 6.09 Å². The molecule has 0 aromatic heterocycles. The molecule has 4 heteroatoms. The number of amides is 1. The first-order chi connectivity index (χ1) is 6.79. The van der Waals surface area contributed by atoms with Gasteiger partial charge in [0.15, 0.2) is 0 Å². The van der Waals surface area contributed by atoms with Gasteiger partial charge in [0.25, 0.3) is 0 Å². The van der Waals surface area contributed by atoms with Gasteiger partial charge < -0.3 is 15.0 Å². The zero-order valence-corrected chi connectivity index (χ0v) is 9.08. The molecule has 1 aliphatic rings. The van der Waals surface area contributed by atoms with Gasteiger partial charge in [-0.25, -0.2) is 4.79 Å². The minimum Gasteiger partial charge on any atom is -0.453 e. The molecule has 4 nitrogen and oxygen atoms in total. The van der Waals surface area contributed by atoms with Crippen LogP contribution in [0.3, 0.4) is 0 Å². The molecule has 1 saturated heterocycles. The van der Waals surface area contributed by atoms with Crippen LogP contribution in [-0.2, 0) is 4.74 Å². The Morgan fingerprint density at radius 1 is 1.57 bits per heavy atom. The lowest BCUT2D eigenvalue weighted by molar-refractivity contribution is 0.0871. The molecule has 0 spiro atoms. The number of hydrogen-bond donors (Lipinski definition) is 1. The molecule has 0 aliphatic carbocycles. The lowest BCUT2D eigenvalue weighted by Crippen LogP contribution is -2.44. The maximum Gasteiger partial charge on any atom is 0.409 e. The van der Waals surface area contributed by atoms with Gasteiger partial charge in [-0.05, 0) is 39.3 Å². The summed E-state index contributed by atoms with van der Waals surface area (Å²) in [6.45, 7) is 1.80. The van der Waals surface area contributed by atoms with Crippen LogP contribution in [0.4, 0.5) is 4.79 Å². The Morgan fingerprint density at radius 3 is 3.00 bits per heavy atom. The van der Waals surface area contributed by atoms with Crippen LogP contribution in [0, 0.1) is 0 Å². The summed E-state index contributed by atoms with van der Waals surface area (Å²) in [6, 6.07) is 0.364. The fourth-order valence-electron chi connectivity index (χ4n) is 1.97. The third-order valence-corrected chi connectivity index (χ3v) is 2.76. The zero-order valence-electron chi connectivity index (χ0n) is 9.08. The molecule has 1 aliphatic heterocycles. The SMILES string of the molecule is CNCCC1CCCCN1C(=O)OC. The first-order valence-corrected chi connectivity index (χ1v) is 5.28. The van der Waals surface area contributed by atoms with Gasteiger partial charge in [0.1, 0.15) is 0 Å². The molecule has 0 bridgehead atoms. The number of piperidine rings is 1. The van der Waals surface area contributed by atoms with Gasteiger partial charge in [-0.3, -0.25) is 0 Å². The van der Waals surface area contributed by atoms with Crippen molar-refractivity contribution in [3.05, 3.63) is 0 Å². The molecule has 1 rings (SSSR count). The van der Waals surface area contributed by atoms with E-state index in [1.807, 2.05) is 11.9 Å². The van der Waals surface area contributed by atoms with E-state index in [0.29, 0.717) is 6.04 Å². The number of likely N-dealkylation sites (tertiary alicyclic amines) is 1. The van der Waals surface area contributed by atoms with Gasteiger partial charge in [0, 0.05) is 12.6 Å². The largest absolute Gasteiger partial charge is 0.453 e. The molecule has 0 saturated carbocycles. The number of hydrogen-bond acceptors (Lipinski definition) is 3. The highest BCUT2D eigenvalue weighted by atomic mass is 16.5. The first kappa shape index (κ1) is 11.3. The molecular weight excluding hydrogens is 180 g/mol. The average molecular weight is 200 g/mol. The van der Waals surface area contributed by atoms with E-state index in [1.165, 1.54) is 13.5 Å². The van der Waals surface area contributed by atoms with Gasteiger partial charge in [0.2, 0.25) is 0 Å². The van der Waals surface area contributed by atoms with Crippen molar-refractivity contribution in [2.75, 3.05) is 27.2 Å². The number of methoxy groups -OCH3 is 1. The summed E-state index contributed by atoms with van der Waals surface area (Å²) in [5, 5.41) is 3.11. The molecule has 1 heterocycles. The van der Waals surface area contributed by atoms with Crippen molar-refractivity contribution in [1.82, 2.24) is 10.2 Å². The molecule has 82 valence electrons. The summed E-state index contributed by atoms with van der Waals surface area (Å²) in [6.07, 6.45) is 4.28. The molecule has 0 radical (unpaired) electrons. The van der Waals surface area contributed by atoms with Gasteiger partial charge in [0.05, 0.1) is 7.11 Å². The highest BCUT2D eigenvalue weighted by molar-refractivity contribution is 5.67. The lowest BCUT2D eigenvalue weighted by atomic mass is 10.00. The van der Waals surface area contributed by atoms with Crippen LogP contribution in [-0.4, -0.2) is 44.3 Å². The standard InChI is InChI=1S/C10H20N2O2/c1-11-7-6-9-5-3-4-8-12(9)10(13)14-2/h9,11H,3-8H2,1-2H3. The molecule has 1 unspecified atom stereocenters. The van der Waals surface area contributed by atoms with E-state index in [-0.39, 0.29) is 6.09 Å². The number of carbonyl (C=O) groups excluding carboxylic acids is 1. The Balaban J connectivity index is 2.45. The van der Waals surface area contributed by atoms with Crippen molar-refractivity contribution in [2.24, 2.45) is 0 Å². The fourth-order valence-corrected chi connectivity index (χ4v) is 1.97. The Morgan fingerprint density at radius 2 is 2.36 bits per heavy atom. The molecule has 1 fully saturated rings. The highest BCUT2D eigenvalue weighted by Gasteiger charge is 2.26. The monoisotopic (exact) mass is 200 g/mol. The van der Waals surface area contributed by atoms with Crippen LogP contribution < -0.4 is 5.32 Å². The Labute approximate surface area is 85.6 Å². The van der Waals surface area contributed by atoms with E-state index in [1.54, 1.807) is 0 Å². The van der Waals surface area contributed by atoms with Crippen molar-refractivity contribution in [3.63, 3.8) is 0 Å². The number of ether oxygens (including phenoxy) is 1. The Bertz CT molecular complexity index is 185. The summed E-state index contributed by atoms with van der Waals surface area (Å²) in [5.74, 6) is 0. The summed E-state index contributed by atoms with van der Waals surface area (Å²) >= 11 is 0. The summed E-state index contributed by atoms with van der Waals surface area (Å²) in [5.41, 5.74) is 0. The van der Waals surface area contributed by atoms with E-state index in [4.69, 9.17) is 4.74 Å². The summed E-state index contributed by atoms with van der Waals surface area (Å²) < 4.78 is 4.77. The molecule has 14 heavy (non-hydrogen) atoms. The van der Waals surface area contributed by atoms with E-state index in [2.05, 4.69) is 5.32 Å². The summed E-state index contributed by atoms with van der Waals surface area (Å²) in [4.78, 5) is 13.3. The van der Waals surface area contributed by atoms with Gasteiger partial charge in [-0.15, -0.1) is 0 Å². The lowest BCUT2D eigenvalue weighted by Gasteiger charge is -2.34. The molecule has 1 amide bonds. The molecule has 0 aromatic rings. The quantitative estimate of drug-likeness (QED) is 0.744. The van der Waals surface area contributed by atoms with E-state index < -0.39 is 0 Å². The Hall–Kier alpha value is -0.770. The summed E-state index contributed by atoms with van der Waals surface area (Å²) in [7, 11) is 3.39. The minimum atomic E-state index is -0.175. The fraction of sp³-hybridized carbons (Fsp3) is 0.900. The van der Waals surface area contributed by atoms with Crippen molar-refractivity contribution in [1.29, 1.82) is 0 Å². The Kier molecular flexibility index (Phi) is 4.73. The average Bonchev–Trinajstić information content (AvgIpc) is 2.25. The molecular formula is C10H20N2O2. The van der Waals surface area contributed by atoms with E-state index in [0.717, 1.165) is 32.4 Å². The second kappa shape index (κ2) is 5.86. The second-order valence-electron chi connectivity index (χ2n) is 3.71. The van der Waals surface area contributed by atoms with Crippen LogP contribution >= 0.6 is 0 Å². The number of carbonyl (C=O) groups is 1. The molecule has 1 atom stereocenters. The van der Waals surface area contributed by atoms with Crippen LogP contribution in [0.25, 0.3) is 0 Å². The van der Waals surface area contributed by atoms with E-state index >= 15 is 0 Å². The third-order valence-electron chi connectivity index (χ3n) is 2.76. The topological polar surface area (TPSA) is 41.6 Å². The van der Waals surface area contributed by atoms with Gasteiger partial charge >= 0.3 is 6.09 Å². The minimum absolute atomic E-state index is 0.175.